The maximum absolute atomic E-state index is 13.5. The highest BCUT2D eigenvalue weighted by molar-refractivity contribution is 5.83. The summed E-state index contributed by atoms with van der Waals surface area (Å²) >= 11 is 0. The van der Waals surface area contributed by atoms with E-state index in [1.54, 1.807) is 0 Å². The lowest BCUT2D eigenvalue weighted by Crippen LogP contribution is -2.49. The summed E-state index contributed by atoms with van der Waals surface area (Å²) in [6.45, 7) is 8.59. The van der Waals surface area contributed by atoms with Crippen LogP contribution in [0.3, 0.4) is 0 Å². The summed E-state index contributed by atoms with van der Waals surface area (Å²) in [7, 11) is 1.99. The monoisotopic (exact) mass is 340 g/mol. The van der Waals surface area contributed by atoms with Crippen LogP contribution in [0.15, 0.2) is 36.7 Å². The van der Waals surface area contributed by atoms with E-state index in [0.29, 0.717) is 19.1 Å². The fraction of sp³-hybridized carbons (Fsp3) is 0.500. The number of aromatic nitrogens is 2. The highest BCUT2D eigenvalue weighted by atomic mass is 16.2. The Hall–Kier alpha value is -2.14. The summed E-state index contributed by atoms with van der Waals surface area (Å²) in [6, 6.07) is 10.3. The van der Waals surface area contributed by atoms with Gasteiger partial charge in [0.2, 0.25) is 5.91 Å². The van der Waals surface area contributed by atoms with Crippen molar-refractivity contribution in [2.45, 2.75) is 45.8 Å². The second-order valence-electron chi connectivity index (χ2n) is 7.01. The topological polar surface area (TPSA) is 41.4 Å². The number of hydrogen-bond donors (Lipinski definition) is 0. The Bertz CT molecular complexity index is 723. The molecule has 0 fully saturated rings. The molecule has 0 radical (unpaired) electrons. The predicted molar refractivity (Wildman–Crippen MR) is 99.0 cm³/mol. The standard InChI is InChI=1S/C20H28N4O/c1-5-23(13-16-9-7-6-8-10-16)20(25)19-18-17(21-14-22(18)4)11-12-24(19)15(2)3/h6-10,14-15,19H,5,11-13H2,1-4H3. The van der Waals surface area contributed by atoms with Crippen LogP contribution < -0.4 is 0 Å². The zero-order valence-electron chi connectivity index (χ0n) is 15.6. The molecule has 1 aliphatic heterocycles. The molecule has 0 spiro atoms. The van der Waals surface area contributed by atoms with Crippen molar-refractivity contribution in [1.29, 1.82) is 0 Å². The van der Waals surface area contributed by atoms with Crippen molar-refractivity contribution in [2.75, 3.05) is 13.1 Å². The maximum atomic E-state index is 13.5. The minimum absolute atomic E-state index is 0.171. The molecule has 1 aromatic heterocycles. The molecule has 0 bridgehead atoms. The summed E-state index contributed by atoms with van der Waals surface area (Å²) in [5.41, 5.74) is 3.28. The van der Waals surface area contributed by atoms with Crippen LogP contribution in [0.2, 0.25) is 0 Å². The van der Waals surface area contributed by atoms with Crippen molar-refractivity contribution in [1.82, 2.24) is 19.4 Å². The fourth-order valence-electron chi connectivity index (χ4n) is 3.69. The van der Waals surface area contributed by atoms with Gasteiger partial charge in [-0.1, -0.05) is 30.3 Å². The molecule has 25 heavy (non-hydrogen) atoms. The number of carbonyl (C=O) groups excluding carboxylic acids is 1. The Kier molecular flexibility index (Phi) is 5.23. The minimum atomic E-state index is -0.250. The number of aryl methyl sites for hydroxylation is 1. The van der Waals surface area contributed by atoms with Gasteiger partial charge in [-0.25, -0.2) is 4.98 Å². The van der Waals surface area contributed by atoms with E-state index >= 15 is 0 Å². The van der Waals surface area contributed by atoms with Crippen molar-refractivity contribution in [3.05, 3.63) is 53.6 Å². The lowest BCUT2D eigenvalue weighted by atomic mass is 9.99. The Morgan fingerprint density at radius 1 is 1.32 bits per heavy atom. The SMILES string of the molecule is CCN(Cc1ccccc1)C(=O)C1c2c(ncn2C)CCN1C(C)C. The second kappa shape index (κ2) is 7.40. The molecule has 5 nitrogen and oxygen atoms in total. The number of imidazole rings is 1. The minimum Gasteiger partial charge on any atom is -0.337 e. The zero-order valence-corrected chi connectivity index (χ0v) is 15.6. The van der Waals surface area contributed by atoms with Crippen LogP contribution in [0.25, 0.3) is 0 Å². The molecule has 1 aromatic carbocycles. The van der Waals surface area contributed by atoms with Crippen molar-refractivity contribution < 1.29 is 4.79 Å². The first-order chi connectivity index (χ1) is 12.0. The quantitative estimate of drug-likeness (QED) is 0.840. The Labute approximate surface area is 150 Å². The first kappa shape index (κ1) is 17.7. The van der Waals surface area contributed by atoms with Crippen LogP contribution in [-0.2, 0) is 24.8 Å². The molecule has 3 rings (SSSR count). The van der Waals surface area contributed by atoms with Crippen LogP contribution >= 0.6 is 0 Å². The van der Waals surface area contributed by atoms with Gasteiger partial charge >= 0.3 is 0 Å². The molecule has 5 heteroatoms. The third kappa shape index (κ3) is 3.47. The summed E-state index contributed by atoms with van der Waals surface area (Å²) in [4.78, 5) is 22.3. The van der Waals surface area contributed by atoms with E-state index in [4.69, 9.17) is 0 Å². The van der Waals surface area contributed by atoms with Gasteiger partial charge < -0.3 is 9.47 Å². The van der Waals surface area contributed by atoms with Crippen molar-refractivity contribution >= 4 is 5.91 Å². The number of carbonyl (C=O) groups is 1. The van der Waals surface area contributed by atoms with Gasteiger partial charge in [0.25, 0.3) is 0 Å². The third-order valence-corrected chi connectivity index (χ3v) is 5.07. The molecular weight excluding hydrogens is 312 g/mol. The number of benzene rings is 1. The third-order valence-electron chi connectivity index (χ3n) is 5.07. The lowest BCUT2D eigenvalue weighted by Gasteiger charge is -2.40. The smallest absolute Gasteiger partial charge is 0.246 e. The van der Waals surface area contributed by atoms with Crippen molar-refractivity contribution in [2.24, 2.45) is 7.05 Å². The number of amides is 1. The molecule has 0 N–H and O–H groups in total. The van der Waals surface area contributed by atoms with Gasteiger partial charge in [0.15, 0.2) is 0 Å². The number of hydrogen-bond acceptors (Lipinski definition) is 3. The van der Waals surface area contributed by atoms with Crippen LogP contribution in [0.1, 0.15) is 43.8 Å². The molecule has 1 aliphatic rings. The number of fused-ring (bicyclic) bond motifs is 1. The molecular formula is C20H28N4O. The van der Waals surface area contributed by atoms with Gasteiger partial charge in [-0.3, -0.25) is 9.69 Å². The number of nitrogens with zero attached hydrogens (tertiary/aromatic N) is 4. The fourth-order valence-corrected chi connectivity index (χ4v) is 3.69. The van der Waals surface area contributed by atoms with Gasteiger partial charge in [-0.05, 0) is 26.3 Å². The van der Waals surface area contributed by atoms with Gasteiger partial charge in [-0.2, -0.15) is 0 Å². The Morgan fingerprint density at radius 2 is 2.04 bits per heavy atom. The van der Waals surface area contributed by atoms with Crippen molar-refractivity contribution in [3.63, 3.8) is 0 Å². The first-order valence-electron chi connectivity index (χ1n) is 9.11. The van der Waals surface area contributed by atoms with Crippen LogP contribution in [0, 0.1) is 0 Å². The summed E-state index contributed by atoms with van der Waals surface area (Å²) in [6.07, 6.45) is 2.74. The lowest BCUT2D eigenvalue weighted by molar-refractivity contribution is -0.139. The molecule has 0 saturated heterocycles. The normalized spacial score (nSPS) is 17.6. The van der Waals surface area contributed by atoms with Gasteiger partial charge in [0.05, 0.1) is 17.7 Å². The van der Waals surface area contributed by atoms with Crippen LogP contribution in [-0.4, -0.2) is 44.4 Å². The van der Waals surface area contributed by atoms with Crippen LogP contribution in [0.5, 0.6) is 0 Å². The first-order valence-corrected chi connectivity index (χ1v) is 9.11. The van der Waals surface area contributed by atoms with E-state index in [-0.39, 0.29) is 11.9 Å². The largest absolute Gasteiger partial charge is 0.337 e. The summed E-state index contributed by atoms with van der Waals surface area (Å²) in [5, 5.41) is 0. The number of rotatable bonds is 5. The molecule has 134 valence electrons. The summed E-state index contributed by atoms with van der Waals surface area (Å²) < 4.78 is 2.02. The molecule has 1 atom stereocenters. The highest BCUT2D eigenvalue weighted by Gasteiger charge is 2.39. The Balaban J connectivity index is 1.92. The van der Waals surface area contributed by atoms with E-state index in [1.165, 1.54) is 0 Å². The number of likely N-dealkylation sites (N-methyl/N-ethyl adjacent to an activating group) is 1. The predicted octanol–water partition coefficient (Wildman–Crippen LogP) is 2.78. The second-order valence-corrected chi connectivity index (χ2v) is 7.01. The van der Waals surface area contributed by atoms with Gasteiger partial charge in [-0.15, -0.1) is 0 Å². The maximum Gasteiger partial charge on any atom is 0.246 e. The zero-order chi connectivity index (χ0) is 18.0. The van der Waals surface area contributed by atoms with Gasteiger partial charge in [0.1, 0.15) is 6.04 Å². The molecule has 0 aliphatic carbocycles. The van der Waals surface area contributed by atoms with Crippen molar-refractivity contribution in [3.8, 4) is 0 Å². The van der Waals surface area contributed by atoms with E-state index in [1.807, 2.05) is 48.0 Å². The van der Waals surface area contributed by atoms with Crippen LogP contribution in [0.4, 0.5) is 0 Å². The molecule has 1 unspecified atom stereocenters. The molecule has 2 aromatic rings. The van der Waals surface area contributed by atoms with E-state index in [2.05, 4.69) is 35.9 Å². The average Bonchev–Trinajstić information content (AvgIpc) is 3.00. The van der Waals surface area contributed by atoms with E-state index in [9.17, 15) is 4.79 Å². The van der Waals surface area contributed by atoms with E-state index < -0.39 is 0 Å². The summed E-state index contributed by atoms with van der Waals surface area (Å²) in [5.74, 6) is 0.171. The molecule has 1 amide bonds. The van der Waals surface area contributed by atoms with E-state index in [0.717, 1.165) is 29.9 Å². The van der Waals surface area contributed by atoms with Gasteiger partial charge in [0, 0.05) is 39.1 Å². The molecule has 0 saturated carbocycles. The average molecular weight is 340 g/mol. The Morgan fingerprint density at radius 3 is 2.68 bits per heavy atom. The highest BCUT2D eigenvalue weighted by Crippen LogP contribution is 2.32. The molecule has 2 heterocycles.